The summed E-state index contributed by atoms with van der Waals surface area (Å²) in [5, 5.41) is 27.4. The van der Waals surface area contributed by atoms with Crippen LogP contribution in [0.1, 0.15) is 88.0 Å². The number of rotatable bonds is 19. The number of carbonyl (C=O) groups is 9. The van der Waals surface area contributed by atoms with Crippen LogP contribution in [-0.2, 0) is 44.3 Å². The number of phenolic OH excluding ortho intramolecular Hbond substituents is 1. The number of piperidine rings is 2. The number of hydrogen-bond donors (Lipinski definition) is 3. The number of halogens is 12. The monoisotopic (exact) mass is 2190 g/mol. The second kappa shape index (κ2) is 52.2. The molecular weight excluding hydrogens is 2100 g/mol. The average molecular weight is 2200 g/mol. The highest BCUT2D eigenvalue weighted by molar-refractivity contribution is 7.94. The molecule has 14 rings (SSSR count). The SMILES string of the molecule is C=CC(=O)N1CCN(C(=O)c2cc(-c3ccc(Cl)cc3)c(Cl)cc2O)CC1C#N.C=CC(=O)N1CCN(C(=O)c2cc(-c3ccc(Cl)cc3Cl)c[nH]2)CC1.C=CC(=O)N1CCN(C(=O)c2ccc(Cl)c(Cl)c2)CC1.C=CS(=O)(=O)C[C@H]1CCCN(C(=O)c2ccc(Cl)c(Cl)c2)C1.C=CS(=O)(=O)N1CCN(C(=O)c2ccc(Cl)c(Cl)c2)CC1.C=CS(=O)(=O)NC1CCN(C(=O)c2ccc(Cl)c(Cl)c2)CC1. The number of amides is 9. The number of aromatic amines is 1. The maximum Gasteiger partial charge on any atom is 0.270 e. The van der Waals surface area contributed by atoms with Gasteiger partial charge in [-0.15, -0.1) is 0 Å². The average Bonchev–Trinajstić information content (AvgIpc) is 1.30. The van der Waals surface area contributed by atoms with Gasteiger partial charge in [0.1, 0.15) is 17.5 Å². The molecule has 2 atom stereocenters. The molecule has 0 radical (unpaired) electrons. The van der Waals surface area contributed by atoms with Crippen LogP contribution < -0.4 is 4.72 Å². The number of nitrogens with one attached hydrogen (secondary N) is 2. The highest BCUT2D eigenvalue weighted by atomic mass is 35.5. The number of nitrogens with zero attached hydrogens (tertiary/aromatic N) is 11. The Morgan fingerprint density at radius 1 is 0.396 bits per heavy atom. The number of piperazine rings is 4. The number of phenols is 1. The molecule has 8 aromatic rings. The van der Waals surface area contributed by atoms with E-state index >= 15 is 0 Å². The Bertz CT molecular complexity index is 6380. The maximum absolute atomic E-state index is 13.0. The van der Waals surface area contributed by atoms with Gasteiger partial charge in [0.15, 0.2) is 9.84 Å². The molecule has 9 amide bonds. The molecular formula is C95H95Cl12N13O16S3. The minimum atomic E-state index is -3.44. The van der Waals surface area contributed by atoms with E-state index < -0.39 is 41.8 Å². The molecule has 7 heterocycles. The molecule has 0 aliphatic carbocycles. The van der Waals surface area contributed by atoms with E-state index in [-0.39, 0.29) is 114 Å². The molecule has 44 heteroatoms. The molecule has 6 saturated heterocycles. The summed E-state index contributed by atoms with van der Waals surface area (Å²) in [5.41, 5.74) is 5.37. The second-order valence-corrected chi connectivity index (χ2v) is 42.1. The number of hydrogen-bond acceptors (Lipinski definition) is 17. The summed E-state index contributed by atoms with van der Waals surface area (Å²) in [5.74, 6) is -1.98. The summed E-state index contributed by atoms with van der Waals surface area (Å²) in [4.78, 5) is 128. The predicted molar refractivity (Wildman–Crippen MR) is 549 cm³/mol. The van der Waals surface area contributed by atoms with Gasteiger partial charge in [-0.2, -0.15) is 9.57 Å². The largest absolute Gasteiger partial charge is 0.507 e. The van der Waals surface area contributed by atoms with Crippen molar-refractivity contribution < 1.29 is 73.5 Å². The number of aromatic hydroxyl groups is 1. The number of nitriles is 1. The van der Waals surface area contributed by atoms with Gasteiger partial charge in [-0.25, -0.2) is 30.0 Å². The van der Waals surface area contributed by atoms with Crippen LogP contribution in [0.4, 0.5) is 0 Å². The number of carbonyl (C=O) groups excluding carboxylic acids is 9. The third-order valence-electron chi connectivity index (χ3n) is 22.6. The lowest BCUT2D eigenvalue weighted by Crippen LogP contribution is -2.55. The van der Waals surface area contributed by atoms with Gasteiger partial charge in [0.2, 0.25) is 37.8 Å². The number of benzene rings is 7. The van der Waals surface area contributed by atoms with Crippen LogP contribution in [0.2, 0.25) is 60.3 Å². The Labute approximate surface area is 866 Å². The van der Waals surface area contributed by atoms with Gasteiger partial charge in [0, 0.05) is 200 Å². The Kier molecular flexibility index (Phi) is 42.3. The first-order valence-electron chi connectivity index (χ1n) is 42.6. The topological polar surface area (TPSA) is 360 Å². The summed E-state index contributed by atoms with van der Waals surface area (Å²) in [6, 6.07) is 36.9. The lowest BCUT2D eigenvalue weighted by molar-refractivity contribution is -0.129. The van der Waals surface area contributed by atoms with Crippen LogP contribution in [0.5, 0.6) is 5.75 Å². The standard InChI is InChI=1S/C21H17Cl2N3O3.C18H17Cl2N3O2.C15H17Cl2NO3S.C14H16Cl2N2O3S.C14H14Cl2N2O2.C13H14Cl2N2O3S/c1-2-20(28)26-8-7-25(12-15(26)11-24)21(29)17-9-16(18(23)10-19(17)27)13-3-5-14(22)6-4-13;1-2-17(24)22-5-7-23(8-6-22)18(25)16-9-12(11-21-16)14-4-3-13(19)10-15(14)20;1-2-22(20,21)10-11-4-3-7-18(9-11)15(19)12-5-6-13(16)14(17)8-12;1-2-22(20,21)17-11-5-7-18(8-6-11)14(19)10-3-4-12(15)13(16)9-10;1-2-13(19)17-5-7-18(8-6-17)14(20)10-3-4-11(15)12(16)9-10;1-2-21(19,20)17-7-5-16(6-8-17)13(18)10-3-4-11(14)12(15)9-10/h2-6,9-10,15,27H,1,7-8,12H2;2-4,9-11,21H,1,5-8H2;2,5-6,8,11H,1,3-4,7,9-10H2;2-4,9,11,17H,1,5-8H2;2-4,9H,1,5-8H2;2-4,9H,1,5-8H2/t;;11-;;;/m..0.../s1. The van der Waals surface area contributed by atoms with Crippen LogP contribution in [0.3, 0.4) is 0 Å². The van der Waals surface area contributed by atoms with E-state index in [4.69, 9.17) is 139 Å². The van der Waals surface area contributed by atoms with Gasteiger partial charge >= 0.3 is 0 Å². The van der Waals surface area contributed by atoms with E-state index in [0.717, 1.165) is 51.8 Å². The molecule has 1 unspecified atom stereocenters. The van der Waals surface area contributed by atoms with Crippen molar-refractivity contribution in [1.29, 1.82) is 5.26 Å². The smallest absolute Gasteiger partial charge is 0.270 e. The summed E-state index contributed by atoms with van der Waals surface area (Å²) in [7, 11) is -10.1. The molecule has 7 aromatic carbocycles. The minimum Gasteiger partial charge on any atom is -0.507 e. The van der Waals surface area contributed by atoms with E-state index in [0.29, 0.717) is 193 Å². The van der Waals surface area contributed by atoms with Crippen molar-refractivity contribution in [3.05, 3.63) is 307 Å². The molecule has 29 nitrogen and oxygen atoms in total. The van der Waals surface area contributed by atoms with Gasteiger partial charge in [-0.1, -0.05) is 197 Å². The zero-order valence-corrected chi connectivity index (χ0v) is 86.0. The Morgan fingerprint density at radius 3 is 1.24 bits per heavy atom. The third kappa shape index (κ3) is 31.5. The molecule has 0 bridgehead atoms. The number of sulfone groups is 1. The summed E-state index contributed by atoms with van der Waals surface area (Å²) in [6.45, 7) is 27.9. The first kappa shape index (κ1) is 113. The normalized spacial score (nSPS) is 16.3. The lowest BCUT2D eigenvalue weighted by Gasteiger charge is -2.37. The van der Waals surface area contributed by atoms with Gasteiger partial charge in [-0.05, 0) is 171 Å². The molecule has 0 spiro atoms. The van der Waals surface area contributed by atoms with Gasteiger partial charge in [0.25, 0.3) is 35.4 Å². The van der Waals surface area contributed by atoms with Crippen molar-refractivity contribution in [3.63, 3.8) is 0 Å². The van der Waals surface area contributed by atoms with E-state index in [1.54, 1.807) is 144 Å². The predicted octanol–water partition coefficient (Wildman–Crippen LogP) is 17.9. The summed E-state index contributed by atoms with van der Waals surface area (Å²) >= 11 is 71.3. The molecule has 738 valence electrons. The van der Waals surface area contributed by atoms with Crippen LogP contribution >= 0.6 is 139 Å². The van der Waals surface area contributed by atoms with E-state index in [9.17, 15) is 78.8 Å². The van der Waals surface area contributed by atoms with Gasteiger partial charge < -0.3 is 54.2 Å². The van der Waals surface area contributed by atoms with Crippen LogP contribution in [0, 0.1) is 17.2 Å². The number of H-pyrrole nitrogens is 1. The van der Waals surface area contributed by atoms with Crippen molar-refractivity contribution in [1.82, 2.24) is 58.1 Å². The van der Waals surface area contributed by atoms with Crippen molar-refractivity contribution in [2.24, 2.45) is 5.92 Å². The molecule has 6 fully saturated rings. The number of likely N-dealkylation sites (tertiary alicyclic amines) is 2. The fourth-order valence-electron chi connectivity index (χ4n) is 15.1. The van der Waals surface area contributed by atoms with Crippen LogP contribution in [-0.4, -0.2) is 279 Å². The van der Waals surface area contributed by atoms with Crippen molar-refractivity contribution in [2.75, 3.05) is 130 Å². The van der Waals surface area contributed by atoms with Crippen molar-refractivity contribution >= 4 is 222 Å². The number of aromatic nitrogens is 1. The minimum absolute atomic E-state index is 0.0294. The number of sulfonamides is 2. The zero-order chi connectivity index (χ0) is 102. The molecule has 3 N–H and O–H groups in total. The Hall–Kier alpha value is -9.97. The zero-order valence-electron chi connectivity index (χ0n) is 74.4. The van der Waals surface area contributed by atoms with Crippen molar-refractivity contribution in [2.45, 2.75) is 37.8 Å². The summed E-state index contributed by atoms with van der Waals surface area (Å²) in [6.07, 6.45) is 8.16. The maximum atomic E-state index is 13.0. The molecule has 0 saturated carbocycles. The quantitative estimate of drug-likeness (QED) is 0.0633. The van der Waals surface area contributed by atoms with Crippen LogP contribution in [0.15, 0.2) is 214 Å². The highest BCUT2D eigenvalue weighted by Crippen LogP contribution is 2.38. The summed E-state index contributed by atoms with van der Waals surface area (Å²) < 4.78 is 73.3. The van der Waals surface area contributed by atoms with E-state index in [1.165, 1.54) is 50.5 Å². The Morgan fingerprint density at radius 2 is 0.813 bits per heavy atom. The van der Waals surface area contributed by atoms with Gasteiger partial charge in [0.05, 0.1) is 69.1 Å². The second-order valence-electron chi connectivity index (χ2n) is 31.6. The van der Waals surface area contributed by atoms with Crippen molar-refractivity contribution in [3.8, 4) is 34.1 Å². The first-order valence-corrected chi connectivity index (χ1v) is 51.9. The molecule has 139 heavy (non-hydrogen) atoms. The van der Waals surface area contributed by atoms with Gasteiger partial charge in [-0.3, -0.25) is 43.2 Å². The van der Waals surface area contributed by atoms with E-state index in [1.807, 2.05) is 12.1 Å². The first-order chi connectivity index (χ1) is 65.9. The third-order valence-corrected chi connectivity index (χ3v) is 30.7. The Balaban J connectivity index is 0.000000187. The molecule has 6 aliphatic heterocycles. The van der Waals surface area contributed by atoms with Crippen LogP contribution in [0.25, 0.3) is 22.3 Å². The fraction of sp³-hybridized carbons (Fsp3) is 0.284. The molecule has 6 aliphatic rings. The van der Waals surface area contributed by atoms with E-state index in [2.05, 4.69) is 49.2 Å². The fourth-order valence-corrected chi connectivity index (χ4v) is 19.9. The highest BCUT2D eigenvalue weighted by Gasteiger charge is 2.36. The molecule has 1 aromatic heterocycles. The lowest BCUT2D eigenvalue weighted by atomic mass is 9.99.